The highest BCUT2D eigenvalue weighted by Crippen LogP contribution is 2.18. The van der Waals surface area contributed by atoms with Crippen LogP contribution in [0.5, 0.6) is 0 Å². The van der Waals surface area contributed by atoms with Crippen molar-refractivity contribution in [2.45, 2.75) is 6.92 Å². The predicted octanol–water partition coefficient (Wildman–Crippen LogP) is 3.07. The second-order valence-electron chi connectivity index (χ2n) is 6.02. The number of rotatable bonds is 4. The minimum atomic E-state index is -0.228. The molecule has 0 radical (unpaired) electrons. The van der Waals surface area contributed by atoms with E-state index in [0.29, 0.717) is 11.3 Å². The zero-order valence-electron chi connectivity index (χ0n) is 15.2. The van der Waals surface area contributed by atoms with E-state index in [1.165, 1.54) is 6.92 Å². The summed E-state index contributed by atoms with van der Waals surface area (Å²) in [6, 6.07) is 18.5. The molecule has 1 N–H and O–H groups in total. The number of carbonyl (C=O) groups excluding carboxylic acids is 2. The summed E-state index contributed by atoms with van der Waals surface area (Å²) < 4.78 is 1.56. The van der Waals surface area contributed by atoms with E-state index >= 15 is 0 Å². The van der Waals surface area contributed by atoms with Crippen molar-refractivity contribution >= 4 is 11.7 Å². The van der Waals surface area contributed by atoms with Gasteiger partial charge in [0, 0.05) is 23.7 Å². The van der Waals surface area contributed by atoms with E-state index in [9.17, 15) is 9.59 Å². The monoisotopic (exact) mass is 357 g/mol. The molecule has 0 saturated carbocycles. The highest BCUT2D eigenvalue weighted by Gasteiger charge is 2.13. The number of nitrogens with zero attached hydrogens (tertiary/aromatic N) is 2. The molecule has 3 rings (SSSR count). The highest BCUT2D eigenvalue weighted by atomic mass is 16.2. The van der Waals surface area contributed by atoms with Gasteiger partial charge in [-0.3, -0.25) is 14.3 Å². The first-order valence-corrected chi connectivity index (χ1v) is 8.52. The average molecular weight is 357 g/mol. The van der Waals surface area contributed by atoms with Crippen molar-refractivity contribution < 1.29 is 9.59 Å². The van der Waals surface area contributed by atoms with Crippen LogP contribution in [0.25, 0.3) is 11.3 Å². The Labute approximate surface area is 158 Å². The quantitative estimate of drug-likeness (QED) is 0.576. The van der Waals surface area contributed by atoms with E-state index in [0.717, 1.165) is 16.8 Å². The number of amides is 1. The molecule has 27 heavy (non-hydrogen) atoms. The second kappa shape index (κ2) is 8.15. The van der Waals surface area contributed by atoms with Crippen molar-refractivity contribution in [2.75, 3.05) is 6.54 Å². The lowest BCUT2D eigenvalue weighted by Crippen LogP contribution is -2.25. The molecule has 1 heterocycles. The maximum atomic E-state index is 12.4. The molecule has 0 unspecified atom stereocenters. The Morgan fingerprint density at radius 1 is 1.07 bits per heavy atom. The summed E-state index contributed by atoms with van der Waals surface area (Å²) in [4.78, 5) is 23.6. The van der Waals surface area contributed by atoms with E-state index in [2.05, 4.69) is 22.3 Å². The molecule has 2 aromatic carbocycles. The number of nitrogens with one attached hydrogen (secondary N) is 1. The second-order valence-corrected chi connectivity index (χ2v) is 6.02. The fourth-order valence-electron chi connectivity index (χ4n) is 2.58. The molecule has 3 aromatic rings. The Kier molecular flexibility index (Phi) is 5.48. The van der Waals surface area contributed by atoms with E-state index in [4.69, 9.17) is 0 Å². The van der Waals surface area contributed by atoms with Crippen LogP contribution in [0.15, 0.2) is 60.7 Å². The van der Waals surface area contributed by atoms with E-state index < -0.39 is 0 Å². The van der Waals surface area contributed by atoms with Gasteiger partial charge in [0.05, 0.1) is 12.2 Å². The summed E-state index contributed by atoms with van der Waals surface area (Å²) in [5, 5.41) is 7.17. The summed E-state index contributed by atoms with van der Waals surface area (Å²) in [5.41, 5.74) is 3.63. The Hall–Kier alpha value is -3.65. The van der Waals surface area contributed by atoms with Crippen molar-refractivity contribution in [2.24, 2.45) is 7.05 Å². The van der Waals surface area contributed by atoms with Gasteiger partial charge in [0.15, 0.2) is 5.78 Å². The van der Waals surface area contributed by atoms with Crippen LogP contribution in [-0.2, 0) is 7.05 Å². The summed E-state index contributed by atoms with van der Waals surface area (Å²) >= 11 is 0. The lowest BCUT2D eigenvalue weighted by atomic mass is 10.1. The van der Waals surface area contributed by atoms with Gasteiger partial charge < -0.3 is 5.32 Å². The molecule has 0 aliphatic rings. The van der Waals surface area contributed by atoms with Gasteiger partial charge in [-0.15, -0.1) is 0 Å². The number of aryl methyl sites for hydroxylation is 1. The van der Waals surface area contributed by atoms with Crippen molar-refractivity contribution in [3.8, 4) is 23.1 Å². The molecule has 0 atom stereocenters. The van der Waals surface area contributed by atoms with Crippen LogP contribution in [0.4, 0.5) is 0 Å². The minimum Gasteiger partial charge on any atom is -0.340 e. The third-order valence-corrected chi connectivity index (χ3v) is 4.04. The Balaban J connectivity index is 1.62. The van der Waals surface area contributed by atoms with Crippen molar-refractivity contribution in [1.82, 2.24) is 15.1 Å². The number of aromatic nitrogens is 2. The van der Waals surface area contributed by atoms with Gasteiger partial charge in [0.1, 0.15) is 5.69 Å². The molecule has 0 spiro atoms. The number of carbonyl (C=O) groups is 2. The maximum Gasteiger partial charge on any atom is 0.270 e. The number of hydrogen-bond donors (Lipinski definition) is 1. The molecular formula is C22H19N3O2. The lowest BCUT2D eigenvalue weighted by Gasteiger charge is -2.00. The molecule has 1 amide bonds. The molecule has 1 aromatic heterocycles. The smallest absolute Gasteiger partial charge is 0.270 e. The number of benzene rings is 2. The first-order valence-electron chi connectivity index (χ1n) is 8.52. The molecule has 0 fully saturated rings. The normalized spacial score (nSPS) is 10.0. The van der Waals surface area contributed by atoms with Crippen LogP contribution < -0.4 is 5.32 Å². The van der Waals surface area contributed by atoms with Gasteiger partial charge in [-0.2, -0.15) is 5.10 Å². The minimum absolute atomic E-state index is 0.0211. The molecule has 134 valence electrons. The summed E-state index contributed by atoms with van der Waals surface area (Å²) in [6.45, 7) is 1.75. The number of Topliss-reactive ketones (excluding diaryl/α,β-unsaturated/α-hetero) is 1. The van der Waals surface area contributed by atoms with Gasteiger partial charge in [-0.1, -0.05) is 54.3 Å². The third-order valence-electron chi connectivity index (χ3n) is 4.04. The van der Waals surface area contributed by atoms with Crippen LogP contribution >= 0.6 is 0 Å². The SMILES string of the molecule is CC(=O)c1ccc(C#CCNC(=O)c2cc(-c3ccccc3)nn2C)cc1. The fourth-order valence-corrected chi connectivity index (χ4v) is 2.58. The Morgan fingerprint density at radius 3 is 2.44 bits per heavy atom. The van der Waals surface area contributed by atoms with Crippen molar-refractivity contribution in [1.29, 1.82) is 0 Å². The predicted molar refractivity (Wildman–Crippen MR) is 104 cm³/mol. The number of ketones is 1. The molecular weight excluding hydrogens is 338 g/mol. The lowest BCUT2D eigenvalue weighted by molar-refractivity contribution is 0.0948. The van der Waals surface area contributed by atoms with Gasteiger partial charge >= 0.3 is 0 Å². The third kappa shape index (κ3) is 4.50. The van der Waals surface area contributed by atoms with Crippen molar-refractivity contribution in [3.05, 3.63) is 77.5 Å². The van der Waals surface area contributed by atoms with Crippen LogP contribution in [0, 0.1) is 11.8 Å². The standard InChI is InChI=1S/C22H19N3O2/c1-16(26)18-12-10-17(11-13-18)7-6-14-23-22(27)21-15-20(24-25(21)2)19-8-4-3-5-9-19/h3-5,8-13,15H,14H2,1-2H3,(H,23,27). The van der Waals surface area contributed by atoms with Gasteiger partial charge in [0.2, 0.25) is 0 Å². The van der Waals surface area contributed by atoms with E-state index in [1.54, 1.807) is 42.1 Å². The molecule has 0 aliphatic carbocycles. The Bertz CT molecular complexity index is 1020. The van der Waals surface area contributed by atoms with Crippen LogP contribution in [0.2, 0.25) is 0 Å². The summed E-state index contributed by atoms with van der Waals surface area (Å²) in [7, 11) is 1.74. The first kappa shape index (κ1) is 18.2. The number of hydrogen-bond acceptors (Lipinski definition) is 3. The van der Waals surface area contributed by atoms with E-state index in [1.807, 2.05) is 30.3 Å². The van der Waals surface area contributed by atoms with Gasteiger partial charge in [-0.05, 0) is 25.1 Å². The van der Waals surface area contributed by atoms with Gasteiger partial charge in [0.25, 0.3) is 5.91 Å². The van der Waals surface area contributed by atoms with Crippen LogP contribution in [-0.4, -0.2) is 28.0 Å². The zero-order valence-corrected chi connectivity index (χ0v) is 15.2. The Morgan fingerprint density at radius 2 is 1.78 bits per heavy atom. The topological polar surface area (TPSA) is 64.0 Å². The summed E-state index contributed by atoms with van der Waals surface area (Å²) in [6.07, 6.45) is 0. The van der Waals surface area contributed by atoms with E-state index in [-0.39, 0.29) is 18.2 Å². The highest BCUT2D eigenvalue weighted by molar-refractivity contribution is 5.94. The maximum absolute atomic E-state index is 12.4. The molecule has 5 nitrogen and oxygen atoms in total. The molecule has 5 heteroatoms. The molecule has 0 aliphatic heterocycles. The first-order chi connectivity index (χ1) is 13.0. The fraction of sp³-hybridized carbons (Fsp3) is 0.136. The molecule has 0 saturated heterocycles. The largest absolute Gasteiger partial charge is 0.340 e. The van der Waals surface area contributed by atoms with Crippen molar-refractivity contribution in [3.63, 3.8) is 0 Å². The van der Waals surface area contributed by atoms with Crippen LogP contribution in [0.3, 0.4) is 0 Å². The van der Waals surface area contributed by atoms with Gasteiger partial charge in [-0.25, -0.2) is 0 Å². The average Bonchev–Trinajstić information content (AvgIpc) is 3.08. The van der Waals surface area contributed by atoms with Crippen LogP contribution in [0.1, 0.15) is 33.3 Å². The summed E-state index contributed by atoms with van der Waals surface area (Å²) in [5.74, 6) is 5.67. The zero-order chi connectivity index (χ0) is 19.2. The molecule has 0 bridgehead atoms.